The Hall–Kier alpha value is -7.21. The highest BCUT2D eigenvalue weighted by atomic mass is 32.1. The summed E-state index contributed by atoms with van der Waals surface area (Å²) in [6.07, 6.45) is 0. The molecule has 11 aromatic rings. The van der Waals surface area contributed by atoms with Crippen molar-refractivity contribution in [3.63, 3.8) is 0 Å². The molecule has 3 heterocycles. The molecule has 0 N–H and O–H groups in total. The molecule has 0 radical (unpaired) electrons. The molecular formula is C54H35N3OS. The van der Waals surface area contributed by atoms with Gasteiger partial charge in [-0.15, -0.1) is 11.3 Å². The van der Waals surface area contributed by atoms with Crippen molar-refractivity contribution in [3.8, 4) is 67.5 Å². The number of nitrogens with zero attached hydrogens (tertiary/aromatic N) is 3. The van der Waals surface area contributed by atoms with E-state index in [1.165, 1.54) is 42.4 Å². The van der Waals surface area contributed by atoms with Gasteiger partial charge in [0.1, 0.15) is 11.2 Å². The van der Waals surface area contributed by atoms with E-state index >= 15 is 0 Å². The molecule has 5 heteroatoms. The first-order valence-corrected chi connectivity index (χ1v) is 20.8. The van der Waals surface area contributed by atoms with Crippen molar-refractivity contribution in [2.75, 3.05) is 0 Å². The highest BCUT2D eigenvalue weighted by Gasteiger charge is 2.37. The molecular weight excluding hydrogens is 739 g/mol. The molecule has 0 spiro atoms. The lowest BCUT2D eigenvalue weighted by Gasteiger charge is -2.21. The lowest BCUT2D eigenvalue weighted by Crippen LogP contribution is -2.14. The normalized spacial score (nSPS) is 13.1. The number of benzene rings is 8. The maximum atomic E-state index is 6.35. The first-order valence-electron chi connectivity index (χ1n) is 20.0. The van der Waals surface area contributed by atoms with E-state index in [2.05, 4.69) is 178 Å². The summed E-state index contributed by atoms with van der Waals surface area (Å²) in [4.78, 5) is 15.9. The van der Waals surface area contributed by atoms with Crippen molar-refractivity contribution in [3.05, 3.63) is 187 Å². The topological polar surface area (TPSA) is 51.8 Å². The van der Waals surface area contributed by atoms with E-state index in [9.17, 15) is 0 Å². The molecule has 4 nitrogen and oxygen atoms in total. The quantitative estimate of drug-likeness (QED) is 0.175. The number of fused-ring (bicyclic) bond motifs is 9. The first-order chi connectivity index (χ1) is 29.0. The van der Waals surface area contributed by atoms with Crippen LogP contribution in [0.4, 0.5) is 0 Å². The Morgan fingerprint density at radius 3 is 1.76 bits per heavy atom. The molecule has 0 saturated carbocycles. The Balaban J connectivity index is 0.970. The van der Waals surface area contributed by atoms with E-state index in [1.807, 2.05) is 12.1 Å². The van der Waals surface area contributed by atoms with Crippen molar-refractivity contribution in [2.24, 2.45) is 0 Å². The highest BCUT2D eigenvalue weighted by molar-refractivity contribution is 7.26. The molecule has 8 aromatic carbocycles. The molecule has 1 aliphatic rings. The summed E-state index contributed by atoms with van der Waals surface area (Å²) in [6, 6.07) is 62.3. The van der Waals surface area contributed by atoms with Gasteiger partial charge in [0.25, 0.3) is 0 Å². The van der Waals surface area contributed by atoms with Gasteiger partial charge in [-0.05, 0) is 57.1 Å². The van der Waals surface area contributed by atoms with Crippen molar-refractivity contribution < 1.29 is 4.42 Å². The van der Waals surface area contributed by atoms with Crippen molar-refractivity contribution in [2.45, 2.75) is 19.3 Å². The Bertz CT molecular complexity index is 3470. The second kappa shape index (κ2) is 12.9. The zero-order valence-electron chi connectivity index (χ0n) is 32.4. The van der Waals surface area contributed by atoms with Crippen molar-refractivity contribution in [1.29, 1.82) is 0 Å². The first kappa shape index (κ1) is 33.9. The average molecular weight is 774 g/mol. The molecule has 0 aliphatic heterocycles. The minimum Gasteiger partial charge on any atom is -0.455 e. The predicted molar refractivity (Wildman–Crippen MR) is 245 cm³/mol. The van der Waals surface area contributed by atoms with Crippen LogP contribution in [0, 0.1) is 0 Å². The van der Waals surface area contributed by atoms with E-state index in [0.29, 0.717) is 17.5 Å². The van der Waals surface area contributed by atoms with Gasteiger partial charge in [0.15, 0.2) is 17.5 Å². The van der Waals surface area contributed by atoms with Gasteiger partial charge in [0, 0.05) is 58.6 Å². The van der Waals surface area contributed by atoms with Crippen LogP contribution in [0.1, 0.15) is 25.0 Å². The third kappa shape index (κ3) is 5.25. The molecule has 0 unspecified atom stereocenters. The van der Waals surface area contributed by atoms with E-state index in [0.717, 1.165) is 60.9 Å². The molecule has 59 heavy (non-hydrogen) atoms. The fourth-order valence-corrected chi connectivity index (χ4v) is 10.5. The molecule has 0 fully saturated rings. The molecule has 1 aliphatic carbocycles. The number of para-hydroxylation sites is 2. The standard InChI is InChI=1S/C54H35N3OS/c1-54(2)44-20-6-3-14-41(44)48-42(18-11-21-45(48)54)52-55-51(56-53(57-52)43-19-10-17-40-38-13-5-8-23-47(38)59-50(40)43)35-30-26-33(27-31-35)32-24-28-34(29-25-32)36-15-9-16-39-37-12-4-7-22-46(37)58-49(36)39/h3-31H,1-2H3. The number of hydrogen-bond donors (Lipinski definition) is 0. The number of aromatic nitrogens is 3. The molecule has 278 valence electrons. The summed E-state index contributed by atoms with van der Waals surface area (Å²) in [7, 11) is 0. The van der Waals surface area contributed by atoms with E-state index < -0.39 is 0 Å². The van der Waals surface area contributed by atoms with Crippen LogP contribution in [0.2, 0.25) is 0 Å². The van der Waals surface area contributed by atoms with Crippen molar-refractivity contribution >= 4 is 53.4 Å². The summed E-state index contributed by atoms with van der Waals surface area (Å²) in [5, 5.41) is 4.73. The number of rotatable bonds is 5. The fourth-order valence-electron chi connectivity index (χ4n) is 9.24. The lowest BCUT2D eigenvalue weighted by atomic mass is 9.82. The van der Waals surface area contributed by atoms with Gasteiger partial charge in [0.2, 0.25) is 0 Å². The monoisotopic (exact) mass is 773 g/mol. The SMILES string of the molecule is CC1(C)c2ccccc2-c2c(-c3nc(-c4ccc(-c5ccc(-c6cccc7c6oc6ccccc67)cc5)cc4)nc(-c4cccc5c4sc4ccccc45)n3)cccc21. The maximum absolute atomic E-state index is 6.35. The van der Waals surface area contributed by atoms with Crippen LogP contribution in [-0.4, -0.2) is 15.0 Å². The van der Waals surface area contributed by atoms with Gasteiger partial charge < -0.3 is 4.42 Å². The summed E-state index contributed by atoms with van der Waals surface area (Å²) in [5.41, 5.74) is 14.1. The minimum atomic E-state index is -0.141. The third-order valence-electron chi connectivity index (χ3n) is 12.2. The van der Waals surface area contributed by atoms with Gasteiger partial charge in [0.05, 0.1) is 0 Å². The van der Waals surface area contributed by atoms with Gasteiger partial charge in [-0.2, -0.15) is 0 Å². The van der Waals surface area contributed by atoms with Crippen LogP contribution in [-0.2, 0) is 5.41 Å². The van der Waals surface area contributed by atoms with E-state index in [-0.39, 0.29) is 5.41 Å². The second-order valence-electron chi connectivity index (χ2n) is 15.9. The lowest BCUT2D eigenvalue weighted by molar-refractivity contribution is 0.660. The predicted octanol–water partition coefficient (Wildman–Crippen LogP) is 14.8. The molecule has 12 rings (SSSR count). The van der Waals surface area contributed by atoms with Crippen LogP contribution in [0.3, 0.4) is 0 Å². The zero-order valence-corrected chi connectivity index (χ0v) is 33.2. The summed E-state index contributed by atoms with van der Waals surface area (Å²) < 4.78 is 8.77. The van der Waals surface area contributed by atoms with Gasteiger partial charge in [-0.1, -0.05) is 172 Å². The fraction of sp³-hybridized carbons (Fsp3) is 0.0556. The number of furan rings is 1. The maximum Gasteiger partial charge on any atom is 0.165 e. The molecule has 0 bridgehead atoms. The summed E-state index contributed by atoms with van der Waals surface area (Å²) in [5.74, 6) is 1.99. The largest absolute Gasteiger partial charge is 0.455 e. The Kier molecular flexibility index (Phi) is 7.41. The van der Waals surface area contributed by atoms with Gasteiger partial charge in [-0.3, -0.25) is 0 Å². The van der Waals surface area contributed by atoms with Crippen LogP contribution in [0.15, 0.2) is 180 Å². The van der Waals surface area contributed by atoms with Gasteiger partial charge in [-0.25, -0.2) is 15.0 Å². The van der Waals surface area contributed by atoms with E-state index in [4.69, 9.17) is 19.4 Å². The van der Waals surface area contributed by atoms with Crippen LogP contribution in [0.5, 0.6) is 0 Å². The molecule has 3 aromatic heterocycles. The van der Waals surface area contributed by atoms with Crippen LogP contribution in [0.25, 0.3) is 110 Å². The minimum absolute atomic E-state index is 0.141. The zero-order chi connectivity index (χ0) is 39.2. The van der Waals surface area contributed by atoms with Crippen LogP contribution >= 0.6 is 11.3 Å². The van der Waals surface area contributed by atoms with Gasteiger partial charge >= 0.3 is 0 Å². The van der Waals surface area contributed by atoms with E-state index in [1.54, 1.807) is 11.3 Å². The summed E-state index contributed by atoms with van der Waals surface area (Å²) >= 11 is 1.79. The Morgan fingerprint density at radius 2 is 0.949 bits per heavy atom. The van der Waals surface area contributed by atoms with Crippen molar-refractivity contribution in [1.82, 2.24) is 15.0 Å². The number of thiophene rings is 1. The molecule has 0 amide bonds. The Labute approximate surface area is 345 Å². The molecule has 0 atom stereocenters. The smallest absolute Gasteiger partial charge is 0.165 e. The average Bonchev–Trinajstić information content (AvgIpc) is 3.94. The third-order valence-corrected chi connectivity index (χ3v) is 13.4. The number of hydrogen-bond acceptors (Lipinski definition) is 5. The summed E-state index contributed by atoms with van der Waals surface area (Å²) in [6.45, 7) is 4.62. The molecule has 0 saturated heterocycles. The van der Waals surface area contributed by atoms with Crippen LogP contribution < -0.4 is 0 Å². The Morgan fingerprint density at radius 1 is 0.407 bits per heavy atom. The highest BCUT2D eigenvalue weighted by Crippen LogP contribution is 2.52. The second-order valence-corrected chi connectivity index (χ2v) is 17.0.